The molecule has 3 aliphatic rings. The van der Waals surface area contributed by atoms with Crippen LogP contribution in [-0.4, -0.2) is 99.2 Å². The number of guanidine groups is 1. The lowest BCUT2D eigenvalue weighted by molar-refractivity contribution is 0.0315. The Labute approximate surface area is 180 Å². The van der Waals surface area contributed by atoms with Crippen LogP contribution in [0.1, 0.15) is 26.2 Å². The van der Waals surface area contributed by atoms with Gasteiger partial charge in [0.05, 0.1) is 32.5 Å². The number of morpholine rings is 1. The van der Waals surface area contributed by atoms with Gasteiger partial charge in [0.1, 0.15) is 0 Å². The van der Waals surface area contributed by atoms with E-state index in [1.54, 1.807) is 0 Å². The van der Waals surface area contributed by atoms with Crippen LogP contribution < -0.4 is 5.32 Å². The van der Waals surface area contributed by atoms with E-state index in [2.05, 4.69) is 27.0 Å². The Morgan fingerprint density at radius 3 is 2.70 bits per heavy atom. The first-order valence-electron chi connectivity index (χ1n) is 10.3. The molecule has 3 fully saturated rings. The Bertz CT molecular complexity index is 445. The van der Waals surface area contributed by atoms with Gasteiger partial charge in [0.25, 0.3) is 0 Å². The molecule has 0 spiro atoms. The van der Waals surface area contributed by atoms with Gasteiger partial charge in [-0.2, -0.15) is 0 Å². The summed E-state index contributed by atoms with van der Waals surface area (Å²) >= 11 is 0. The number of nitrogens with one attached hydrogen (secondary N) is 1. The van der Waals surface area contributed by atoms with Crippen molar-refractivity contribution in [1.29, 1.82) is 0 Å². The summed E-state index contributed by atoms with van der Waals surface area (Å²) in [5.41, 5.74) is 0. The highest BCUT2D eigenvalue weighted by molar-refractivity contribution is 14.0. The summed E-state index contributed by atoms with van der Waals surface area (Å²) in [7, 11) is 0. The van der Waals surface area contributed by atoms with E-state index in [0.29, 0.717) is 19.1 Å². The molecule has 2 atom stereocenters. The number of hydrogen-bond acceptors (Lipinski definition) is 5. The minimum Gasteiger partial charge on any atom is -0.389 e. The van der Waals surface area contributed by atoms with Crippen LogP contribution in [0, 0.1) is 11.8 Å². The molecule has 2 saturated heterocycles. The molecule has 0 aromatic heterocycles. The predicted octanol–water partition coefficient (Wildman–Crippen LogP) is 1.01. The van der Waals surface area contributed by atoms with Gasteiger partial charge in [0.2, 0.25) is 0 Å². The number of rotatable bonds is 9. The van der Waals surface area contributed by atoms with Gasteiger partial charge in [-0.15, -0.1) is 24.0 Å². The predicted molar refractivity (Wildman–Crippen MR) is 118 cm³/mol. The highest BCUT2D eigenvalue weighted by atomic mass is 127. The minimum absolute atomic E-state index is 0. The van der Waals surface area contributed by atoms with E-state index in [1.807, 2.05) is 0 Å². The lowest BCUT2D eigenvalue weighted by atomic mass is 10.1. The average Bonchev–Trinajstić information content (AvgIpc) is 3.36. The Morgan fingerprint density at radius 1 is 1.22 bits per heavy atom. The maximum atomic E-state index is 10.1. The molecular weight excluding hydrogens is 459 g/mol. The second-order valence-corrected chi connectivity index (χ2v) is 7.84. The van der Waals surface area contributed by atoms with Crippen LogP contribution >= 0.6 is 24.0 Å². The number of halogens is 1. The number of aliphatic hydroxyl groups excluding tert-OH is 1. The van der Waals surface area contributed by atoms with Crippen molar-refractivity contribution in [3.63, 3.8) is 0 Å². The second kappa shape index (κ2) is 12.4. The number of aliphatic hydroxyl groups is 1. The van der Waals surface area contributed by atoms with Crippen LogP contribution in [0.15, 0.2) is 4.99 Å². The van der Waals surface area contributed by atoms with Crippen LogP contribution in [0.5, 0.6) is 0 Å². The van der Waals surface area contributed by atoms with E-state index in [4.69, 9.17) is 9.47 Å². The van der Waals surface area contributed by atoms with Gasteiger partial charge >= 0.3 is 0 Å². The molecule has 2 heterocycles. The third-order valence-corrected chi connectivity index (χ3v) is 5.35. The zero-order chi connectivity index (χ0) is 18.2. The van der Waals surface area contributed by atoms with Gasteiger partial charge in [-0.25, -0.2) is 0 Å². The SMILES string of the molecule is CCNC(=NCC(O)COCC1CC1)N1CCC(CN2CCOCC2)C1.I. The van der Waals surface area contributed by atoms with Crippen LogP contribution in [0.3, 0.4) is 0 Å². The van der Waals surface area contributed by atoms with Crippen LogP contribution in [-0.2, 0) is 9.47 Å². The first-order valence-corrected chi connectivity index (χ1v) is 10.3. The van der Waals surface area contributed by atoms with Crippen LogP contribution in [0.25, 0.3) is 0 Å². The van der Waals surface area contributed by atoms with Crippen molar-refractivity contribution < 1.29 is 14.6 Å². The van der Waals surface area contributed by atoms with Crippen LogP contribution in [0.2, 0.25) is 0 Å². The molecule has 158 valence electrons. The number of hydrogen-bond donors (Lipinski definition) is 2. The molecule has 27 heavy (non-hydrogen) atoms. The molecule has 1 aliphatic carbocycles. The van der Waals surface area contributed by atoms with Crippen molar-refractivity contribution in [1.82, 2.24) is 15.1 Å². The standard InChI is InChI=1S/C19H36N4O3.HI/c1-2-20-19(21-11-18(24)15-26-14-16-3-4-16)23-6-5-17(13-23)12-22-7-9-25-10-8-22;/h16-18,24H,2-15H2,1H3,(H,20,21);1H. The van der Waals surface area contributed by atoms with Gasteiger partial charge in [0, 0.05) is 45.9 Å². The normalized spacial score (nSPS) is 25.3. The Kier molecular flexibility index (Phi) is 10.6. The fraction of sp³-hybridized carbons (Fsp3) is 0.947. The summed E-state index contributed by atoms with van der Waals surface area (Å²) in [6.07, 6.45) is 3.24. The molecule has 2 aliphatic heterocycles. The van der Waals surface area contributed by atoms with Gasteiger partial charge in [0.15, 0.2) is 5.96 Å². The fourth-order valence-electron chi connectivity index (χ4n) is 3.65. The molecule has 0 radical (unpaired) electrons. The van der Waals surface area contributed by atoms with E-state index in [1.165, 1.54) is 19.3 Å². The minimum atomic E-state index is -0.519. The molecule has 0 aromatic carbocycles. The Balaban J connectivity index is 0.00000261. The van der Waals surface area contributed by atoms with E-state index >= 15 is 0 Å². The van der Waals surface area contributed by atoms with Crippen molar-refractivity contribution in [3.05, 3.63) is 0 Å². The maximum absolute atomic E-state index is 10.1. The zero-order valence-corrected chi connectivity index (χ0v) is 19.0. The van der Waals surface area contributed by atoms with Gasteiger partial charge in [-0.05, 0) is 38.0 Å². The number of ether oxygens (including phenoxy) is 2. The molecule has 2 unspecified atom stereocenters. The maximum Gasteiger partial charge on any atom is 0.194 e. The first kappa shape index (κ1) is 23.1. The van der Waals surface area contributed by atoms with E-state index in [-0.39, 0.29) is 24.0 Å². The quantitative estimate of drug-likeness (QED) is 0.282. The fourth-order valence-corrected chi connectivity index (χ4v) is 3.65. The van der Waals surface area contributed by atoms with Crippen molar-refractivity contribution in [2.24, 2.45) is 16.8 Å². The second-order valence-electron chi connectivity index (χ2n) is 7.84. The summed E-state index contributed by atoms with van der Waals surface area (Å²) in [6, 6.07) is 0. The van der Waals surface area contributed by atoms with E-state index in [9.17, 15) is 5.11 Å². The van der Waals surface area contributed by atoms with E-state index in [0.717, 1.165) is 71.0 Å². The topological polar surface area (TPSA) is 69.6 Å². The van der Waals surface area contributed by atoms with Crippen molar-refractivity contribution in [2.75, 3.05) is 72.2 Å². The number of aliphatic imine (C=N–C) groups is 1. The lowest BCUT2D eigenvalue weighted by Crippen LogP contribution is -2.42. The van der Waals surface area contributed by atoms with Gasteiger partial charge in [-0.3, -0.25) is 9.89 Å². The zero-order valence-electron chi connectivity index (χ0n) is 16.6. The summed E-state index contributed by atoms with van der Waals surface area (Å²) in [5.74, 6) is 2.35. The molecule has 7 nitrogen and oxygen atoms in total. The third kappa shape index (κ3) is 8.39. The van der Waals surface area contributed by atoms with Gasteiger partial charge in [-0.1, -0.05) is 0 Å². The molecule has 2 N–H and O–H groups in total. The molecule has 0 amide bonds. The third-order valence-electron chi connectivity index (χ3n) is 5.35. The number of nitrogens with zero attached hydrogens (tertiary/aromatic N) is 3. The number of likely N-dealkylation sites (tertiary alicyclic amines) is 1. The van der Waals surface area contributed by atoms with E-state index < -0.39 is 6.10 Å². The van der Waals surface area contributed by atoms with Gasteiger partial charge < -0.3 is 24.8 Å². The highest BCUT2D eigenvalue weighted by Gasteiger charge is 2.27. The molecule has 1 saturated carbocycles. The molecule has 0 bridgehead atoms. The first-order chi connectivity index (χ1) is 12.7. The Hall–Kier alpha value is -0.160. The molecular formula is C19H37IN4O3. The summed E-state index contributed by atoms with van der Waals surface area (Å²) < 4.78 is 11.0. The average molecular weight is 496 g/mol. The smallest absolute Gasteiger partial charge is 0.194 e. The summed E-state index contributed by atoms with van der Waals surface area (Å²) in [6.45, 7) is 11.6. The van der Waals surface area contributed by atoms with Crippen molar-refractivity contribution in [3.8, 4) is 0 Å². The lowest BCUT2D eigenvalue weighted by Gasteiger charge is -2.29. The molecule has 3 rings (SSSR count). The Morgan fingerprint density at radius 2 is 2.00 bits per heavy atom. The summed E-state index contributed by atoms with van der Waals surface area (Å²) in [5, 5.41) is 13.5. The highest BCUT2D eigenvalue weighted by Crippen LogP contribution is 2.28. The molecule has 0 aromatic rings. The largest absolute Gasteiger partial charge is 0.389 e. The van der Waals surface area contributed by atoms with Crippen molar-refractivity contribution >= 4 is 29.9 Å². The monoisotopic (exact) mass is 496 g/mol. The van der Waals surface area contributed by atoms with Crippen LogP contribution in [0.4, 0.5) is 0 Å². The molecule has 8 heteroatoms. The van der Waals surface area contributed by atoms with Crippen molar-refractivity contribution in [2.45, 2.75) is 32.3 Å². The summed E-state index contributed by atoms with van der Waals surface area (Å²) in [4.78, 5) is 9.51.